The van der Waals surface area contributed by atoms with E-state index in [0.717, 1.165) is 55.8 Å². The van der Waals surface area contributed by atoms with E-state index in [-0.39, 0.29) is 11.3 Å². The van der Waals surface area contributed by atoms with Gasteiger partial charge < -0.3 is 15.2 Å². The molecule has 1 saturated heterocycles. The average Bonchev–Trinajstić information content (AvgIpc) is 3.33. The van der Waals surface area contributed by atoms with E-state index in [1.54, 1.807) is 0 Å². The molecule has 5 rings (SSSR count). The number of carbonyl (C=O) groups excluding carboxylic acids is 1. The van der Waals surface area contributed by atoms with Gasteiger partial charge in [-0.1, -0.05) is 25.0 Å². The summed E-state index contributed by atoms with van der Waals surface area (Å²) in [7, 11) is 0. The fraction of sp³-hybridized carbons (Fsp3) is 0.545. The van der Waals surface area contributed by atoms with Gasteiger partial charge in [0.05, 0.1) is 11.1 Å². The van der Waals surface area contributed by atoms with Crippen molar-refractivity contribution >= 4 is 11.6 Å². The molecule has 2 N–H and O–H groups in total. The molecule has 1 aliphatic carbocycles. The Morgan fingerprint density at radius 2 is 2.07 bits per heavy atom. The zero-order valence-corrected chi connectivity index (χ0v) is 15.8. The molecule has 142 valence electrons. The lowest BCUT2D eigenvalue weighted by atomic mass is 9.67. The molecule has 2 aliphatic heterocycles. The van der Waals surface area contributed by atoms with Gasteiger partial charge in [0.2, 0.25) is 5.91 Å². The molecule has 0 bridgehead atoms. The van der Waals surface area contributed by atoms with Gasteiger partial charge in [0, 0.05) is 37.0 Å². The minimum absolute atomic E-state index is 0.197. The number of nitrogens with zero attached hydrogens (tertiary/aromatic N) is 2. The van der Waals surface area contributed by atoms with E-state index in [1.807, 2.05) is 12.1 Å². The van der Waals surface area contributed by atoms with Gasteiger partial charge >= 0.3 is 0 Å². The van der Waals surface area contributed by atoms with Gasteiger partial charge in [-0.2, -0.15) is 0 Å². The number of anilines is 1. The lowest BCUT2D eigenvalue weighted by Crippen LogP contribution is -2.44. The summed E-state index contributed by atoms with van der Waals surface area (Å²) >= 11 is 0. The Hall–Kier alpha value is -2.14. The summed E-state index contributed by atoms with van der Waals surface area (Å²) in [6.45, 7) is 2.88. The molecular weight excluding hydrogens is 336 g/mol. The summed E-state index contributed by atoms with van der Waals surface area (Å²) in [5.74, 6) is 1.88. The molecule has 1 aromatic heterocycles. The third kappa shape index (κ3) is 2.98. The number of hydrogen-bond donors (Lipinski definition) is 2. The van der Waals surface area contributed by atoms with Crippen molar-refractivity contribution in [3.63, 3.8) is 0 Å². The van der Waals surface area contributed by atoms with Crippen LogP contribution in [0.25, 0.3) is 11.3 Å². The molecule has 5 heteroatoms. The molecule has 2 fully saturated rings. The van der Waals surface area contributed by atoms with Crippen molar-refractivity contribution < 1.29 is 4.79 Å². The standard InChI is InChI=1S/C22H28N4O/c27-21(22-11-3-1-5-17(22)13-23-15-22)24-18-9-7-16(8-10-18)19-14-26-12-4-2-6-20(26)25-19/h7-10,14,17,23H,1-6,11-13,15H2,(H,24,27)/t17-,22+/m0/s1. The number of fused-ring (bicyclic) bond motifs is 2. The van der Waals surface area contributed by atoms with E-state index in [0.29, 0.717) is 5.92 Å². The molecule has 27 heavy (non-hydrogen) atoms. The lowest BCUT2D eigenvalue weighted by molar-refractivity contribution is -0.128. The summed E-state index contributed by atoms with van der Waals surface area (Å²) in [5.41, 5.74) is 2.83. The van der Waals surface area contributed by atoms with Crippen LogP contribution in [0.1, 0.15) is 44.3 Å². The number of carbonyl (C=O) groups is 1. The van der Waals surface area contributed by atoms with Crippen LogP contribution in [-0.4, -0.2) is 28.5 Å². The van der Waals surface area contributed by atoms with E-state index >= 15 is 0 Å². The number of aromatic nitrogens is 2. The van der Waals surface area contributed by atoms with Crippen molar-refractivity contribution in [2.45, 2.75) is 51.5 Å². The smallest absolute Gasteiger partial charge is 0.232 e. The van der Waals surface area contributed by atoms with Gasteiger partial charge in [-0.3, -0.25) is 4.79 Å². The van der Waals surface area contributed by atoms with Crippen LogP contribution in [0, 0.1) is 11.3 Å². The minimum Gasteiger partial charge on any atom is -0.334 e. The first-order valence-corrected chi connectivity index (χ1v) is 10.4. The van der Waals surface area contributed by atoms with Gasteiger partial charge in [0.1, 0.15) is 5.82 Å². The fourth-order valence-electron chi connectivity index (χ4n) is 5.22. The number of benzene rings is 1. The molecular formula is C22H28N4O. The molecule has 2 aromatic rings. The van der Waals surface area contributed by atoms with Crippen LogP contribution in [0.5, 0.6) is 0 Å². The van der Waals surface area contributed by atoms with Crippen molar-refractivity contribution in [1.82, 2.24) is 14.9 Å². The number of imidazole rings is 1. The molecule has 5 nitrogen and oxygen atoms in total. The third-order valence-corrected chi connectivity index (χ3v) is 6.84. The number of hydrogen-bond acceptors (Lipinski definition) is 3. The second kappa shape index (κ2) is 6.79. The Kier molecular flexibility index (Phi) is 4.27. The highest BCUT2D eigenvalue weighted by molar-refractivity contribution is 5.96. The van der Waals surface area contributed by atoms with Crippen LogP contribution < -0.4 is 10.6 Å². The van der Waals surface area contributed by atoms with Crippen LogP contribution in [0.4, 0.5) is 5.69 Å². The normalized spacial score (nSPS) is 27.0. The molecule has 1 saturated carbocycles. The van der Waals surface area contributed by atoms with E-state index in [4.69, 9.17) is 4.98 Å². The van der Waals surface area contributed by atoms with Crippen LogP contribution in [0.15, 0.2) is 30.5 Å². The Labute approximate surface area is 160 Å². The maximum atomic E-state index is 13.1. The predicted octanol–water partition coefficient (Wildman–Crippen LogP) is 3.60. The average molecular weight is 364 g/mol. The Balaban J connectivity index is 1.32. The second-order valence-corrected chi connectivity index (χ2v) is 8.45. The molecule has 1 aromatic carbocycles. The zero-order chi connectivity index (χ0) is 18.3. The van der Waals surface area contributed by atoms with Crippen molar-refractivity contribution in [1.29, 1.82) is 0 Å². The highest BCUT2D eigenvalue weighted by Crippen LogP contribution is 2.44. The van der Waals surface area contributed by atoms with Crippen LogP contribution in [0.3, 0.4) is 0 Å². The van der Waals surface area contributed by atoms with Crippen molar-refractivity contribution in [3.8, 4) is 11.3 Å². The van der Waals surface area contributed by atoms with Crippen LogP contribution in [-0.2, 0) is 17.8 Å². The van der Waals surface area contributed by atoms with Crippen molar-refractivity contribution in [2.24, 2.45) is 11.3 Å². The summed E-state index contributed by atoms with van der Waals surface area (Å²) < 4.78 is 2.28. The van der Waals surface area contributed by atoms with E-state index in [2.05, 4.69) is 33.5 Å². The molecule has 0 unspecified atom stereocenters. The SMILES string of the molecule is O=C(Nc1ccc(-c2cn3c(n2)CCCC3)cc1)[C@@]12CCCC[C@H]1CNC2. The number of aryl methyl sites for hydroxylation is 2. The van der Waals surface area contributed by atoms with Gasteiger partial charge in [0.15, 0.2) is 0 Å². The quantitative estimate of drug-likeness (QED) is 0.875. The molecule has 1 amide bonds. The van der Waals surface area contributed by atoms with E-state index < -0.39 is 0 Å². The van der Waals surface area contributed by atoms with Gasteiger partial charge in [-0.25, -0.2) is 4.98 Å². The van der Waals surface area contributed by atoms with Gasteiger partial charge in [-0.15, -0.1) is 0 Å². The topological polar surface area (TPSA) is 59.0 Å². The first kappa shape index (κ1) is 17.0. The number of rotatable bonds is 3. The minimum atomic E-state index is -0.208. The Morgan fingerprint density at radius 1 is 1.19 bits per heavy atom. The Morgan fingerprint density at radius 3 is 2.93 bits per heavy atom. The monoisotopic (exact) mass is 364 g/mol. The lowest BCUT2D eigenvalue weighted by Gasteiger charge is -2.37. The van der Waals surface area contributed by atoms with Crippen LogP contribution >= 0.6 is 0 Å². The van der Waals surface area contributed by atoms with Crippen LogP contribution in [0.2, 0.25) is 0 Å². The first-order valence-electron chi connectivity index (χ1n) is 10.4. The molecule has 0 radical (unpaired) electrons. The largest absolute Gasteiger partial charge is 0.334 e. The van der Waals surface area contributed by atoms with Gasteiger partial charge in [0.25, 0.3) is 0 Å². The molecule has 3 heterocycles. The van der Waals surface area contributed by atoms with Crippen molar-refractivity contribution in [2.75, 3.05) is 18.4 Å². The summed E-state index contributed by atoms with van der Waals surface area (Å²) in [4.78, 5) is 17.9. The van der Waals surface area contributed by atoms with Gasteiger partial charge in [-0.05, 0) is 50.3 Å². The summed E-state index contributed by atoms with van der Waals surface area (Å²) in [6.07, 6.45) is 10.3. The fourth-order valence-corrected chi connectivity index (χ4v) is 5.22. The van der Waals surface area contributed by atoms with E-state index in [1.165, 1.54) is 31.5 Å². The third-order valence-electron chi connectivity index (χ3n) is 6.84. The second-order valence-electron chi connectivity index (χ2n) is 8.45. The molecule has 0 spiro atoms. The van der Waals surface area contributed by atoms with E-state index in [9.17, 15) is 4.79 Å². The molecule has 2 atom stereocenters. The first-order chi connectivity index (χ1) is 13.2. The summed E-state index contributed by atoms with van der Waals surface area (Å²) in [6, 6.07) is 8.19. The highest BCUT2D eigenvalue weighted by Gasteiger charge is 2.49. The Bertz CT molecular complexity index is 817. The maximum Gasteiger partial charge on any atom is 0.232 e. The zero-order valence-electron chi connectivity index (χ0n) is 15.8. The number of amides is 1. The molecule has 3 aliphatic rings. The number of nitrogens with one attached hydrogen (secondary N) is 2. The predicted molar refractivity (Wildman–Crippen MR) is 106 cm³/mol. The highest BCUT2D eigenvalue weighted by atomic mass is 16.2. The summed E-state index contributed by atoms with van der Waals surface area (Å²) in [5, 5.41) is 6.65. The maximum absolute atomic E-state index is 13.1. The van der Waals surface area contributed by atoms with Crippen molar-refractivity contribution in [3.05, 3.63) is 36.3 Å².